The first kappa shape index (κ1) is 15.9. The number of sulfonamides is 1. The molecule has 1 amide bonds. The molecule has 0 saturated carbocycles. The number of carbonyl (C=O) groups is 1. The summed E-state index contributed by atoms with van der Waals surface area (Å²) in [7, 11) is -3.17. The molecule has 1 aliphatic heterocycles. The number of hydrogen-bond acceptors (Lipinski definition) is 3. The normalized spacial score (nSPS) is 17.6. The van der Waals surface area contributed by atoms with Gasteiger partial charge in [0.25, 0.3) is 5.91 Å². The van der Waals surface area contributed by atoms with Gasteiger partial charge in [0.2, 0.25) is 10.0 Å². The largest absolute Gasteiger partial charge is 0.349 e. The number of benzene rings is 1. The van der Waals surface area contributed by atoms with E-state index in [4.69, 9.17) is 0 Å². The van der Waals surface area contributed by atoms with Crippen molar-refractivity contribution in [2.75, 3.05) is 18.8 Å². The number of rotatable bonds is 4. The van der Waals surface area contributed by atoms with E-state index in [1.54, 1.807) is 13.0 Å². The average Bonchev–Trinajstić information content (AvgIpc) is 2.48. The summed E-state index contributed by atoms with van der Waals surface area (Å²) in [5.41, 5.74) is 0.0149. The Morgan fingerprint density at radius 1 is 1.33 bits per heavy atom. The number of nitrogens with zero attached hydrogens (tertiary/aromatic N) is 1. The van der Waals surface area contributed by atoms with Gasteiger partial charge < -0.3 is 5.32 Å². The van der Waals surface area contributed by atoms with Crippen molar-refractivity contribution >= 4 is 15.9 Å². The van der Waals surface area contributed by atoms with Gasteiger partial charge in [-0.3, -0.25) is 4.79 Å². The molecule has 0 aliphatic carbocycles. The van der Waals surface area contributed by atoms with Crippen LogP contribution in [0.25, 0.3) is 0 Å². The Bertz CT molecular complexity index is 610. The zero-order valence-electron chi connectivity index (χ0n) is 11.9. The molecule has 1 aromatic rings. The van der Waals surface area contributed by atoms with E-state index < -0.39 is 21.7 Å². The van der Waals surface area contributed by atoms with Crippen LogP contribution in [-0.2, 0) is 10.0 Å². The lowest BCUT2D eigenvalue weighted by Crippen LogP contribution is -2.47. The summed E-state index contributed by atoms with van der Waals surface area (Å²) >= 11 is 0. The van der Waals surface area contributed by atoms with Gasteiger partial charge in [-0.05, 0) is 31.9 Å². The van der Waals surface area contributed by atoms with Crippen molar-refractivity contribution < 1.29 is 17.6 Å². The molecule has 0 aromatic heterocycles. The van der Waals surface area contributed by atoms with Crippen molar-refractivity contribution in [1.29, 1.82) is 0 Å². The van der Waals surface area contributed by atoms with E-state index in [0.29, 0.717) is 25.9 Å². The van der Waals surface area contributed by atoms with Crippen LogP contribution in [0.2, 0.25) is 0 Å². The Balaban J connectivity index is 1.92. The summed E-state index contributed by atoms with van der Waals surface area (Å²) in [5.74, 6) is -0.926. The molecule has 1 aromatic carbocycles. The number of nitrogens with one attached hydrogen (secondary N) is 1. The Hall–Kier alpha value is -1.47. The third-order valence-corrected chi connectivity index (χ3v) is 5.55. The molecule has 0 radical (unpaired) electrons. The molecule has 7 heteroatoms. The number of halogens is 1. The molecule has 1 N–H and O–H groups in total. The van der Waals surface area contributed by atoms with Crippen LogP contribution >= 0.6 is 0 Å². The van der Waals surface area contributed by atoms with Crippen LogP contribution in [0.15, 0.2) is 24.3 Å². The van der Waals surface area contributed by atoms with E-state index in [1.807, 2.05) is 0 Å². The number of carbonyl (C=O) groups excluding carboxylic acids is 1. The number of hydrogen-bond donors (Lipinski definition) is 1. The fourth-order valence-corrected chi connectivity index (χ4v) is 3.50. The van der Waals surface area contributed by atoms with E-state index in [2.05, 4.69) is 5.32 Å². The van der Waals surface area contributed by atoms with Crippen molar-refractivity contribution in [3.63, 3.8) is 0 Å². The van der Waals surface area contributed by atoms with Gasteiger partial charge in [-0.1, -0.05) is 12.1 Å². The molecule has 116 valence electrons. The van der Waals surface area contributed by atoms with Crippen LogP contribution < -0.4 is 5.32 Å². The van der Waals surface area contributed by atoms with Gasteiger partial charge in [0, 0.05) is 19.1 Å². The Labute approximate surface area is 124 Å². The molecular weight excluding hydrogens is 295 g/mol. The standard InChI is InChI=1S/C14H19FN2O3S/c1-2-21(19,20)17-9-7-11(8-10-17)16-14(18)12-5-3-4-6-13(12)15/h3-6,11H,2,7-10H2,1H3,(H,16,18). The van der Waals surface area contributed by atoms with Crippen molar-refractivity contribution in [1.82, 2.24) is 9.62 Å². The second-order valence-corrected chi connectivity index (χ2v) is 7.28. The van der Waals surface area contributed by atoms with Crippen LogP contribution in [-0.4, -0.2) is 43.5 Å². The lowest BCUT2D eigenvalue weighted by Gasteiger charge is -2.31. The van der Waals surface area contributed by atoms with Crippen LogP contribution in [0, 0.1) is 5.82 Å². The summed E-state index contributed by atoms with van der Waals surface area (Å²) in [4.78, 5) is 12.0. The first-order chi connectivity index (χ1) is 9.94. The van der Waals surface area contributed by atoms with Crippen molar-refractivity contribution in [3.05, 3.63) is 35.6 Å². The SMILES string of the molecule is CCS(=O)(=O)N1CCC(NC(=O)c2ccccc2F)CC1. The van der Waals surface area contributed by atoms with Crippen LogP contribution in [0.1, 0.15) is 30.1 Å². The Morgan fingerprint density at radius 2 is 1.95 bits per heavy atom. The molecule has 1 fully saturated rings. The fraction of sp³-hybridized carbons (Fsp3) is 0.500. The average molecular weight is 314 g/mol. The fourth-order valence-electron chi connectivity index (χ4n) is 2.37. The minimum atomic E-state index is -3.17. The summed E-state index contributed by atoms with van der Waals surface area (Å²) < 4.78 is 38.4. The summed E-state index contributed by atoms with van der Waals surface area (Å²) in [5, 5.41) is 2.77. The van der Waals surface area contributed by atoms with Crippen molar-refractivity contribution in [3.8, 4) is 0 Å². The van der Waals surface area contributed by atoms with Gasteiger partial charge >= 0.3 is 0 Å². The predicted molar refractivity (Wildman–Crippen MR) is 77.9 cm³/mol. The second kappa shape index (κ2) is 6.53. The summed E-state index contributed by atoms with van der Waals surface area (Å²) in [6, 6.07) is 5.68. The summed E-state index contributed by atoms with van der Waals surface area (Å²) in [6.45, 7) is 2.39. The third kappa shape index (κ3) is 3.79. The van der Waals surface area contributed by atoms with Crippen molar-refractivity contribution in [2.24, 2.45) is 0 Å². The maximum atomic E-state index is 13.5. The lowest BCUT2D eigenvalue weighted by atomic mass is 10.1. The number of piperidine rings is 1. The quantitative estimate of drug-likeness (QED) is 0.913. The van der Waals surface area contributed by atoms with Crippen LogP contribution in [0.4, 0.5) is 4.39 Å². The molecule has 2 rings (SSSR count). The van der Waals surface area contributed by atoms with Crippen LogP contribution in [0.3, 0.4) is 0 Å². The van der Waals surface area contributed by atoms with Gasteiger partial charge in [0.05, 0.1) is 11.3 Å². The molecule has 21 heavy (non-hydrogen) atoms. The first-order valence-corrected chi connectivity index (χ1v) is 8.58. The van der Waals surface area contributed by atoms with Gasteiger partial charge in [-0.25, -0.2) is 17.1 Å². The molecule has 5 nitrogen and oxygen atoms in total. The molecule has 1 aliphatic rings. The zero-order valence-corrected chi connectivity index (χ0v) is 12.7. The van der Waals surface area contributed by atoms with Gasteiger partial charge in [0.1, 0.15) is 5.82 Å². The predicted octanol–water partition coefficient (Wildman–Crippen LogP) is 1.37. The molecule has 0 unspecified atom stereocenters. The van der Waals surface area contributed by atoms with Crippen molar-refractivity contribution in [2.45, 2.75) is 25.8 Å². The highest BCUT2D eigenvalue weighted by Crippen LogP contribution is 2.15. The maximum Gasteiger partial charge on any atom is 0.254 e. The molecular formula is C14H19FN2O3S. The molecule has 0 spiro atoms. The van der Waals surface area contributed by atoms with Gasteiger partial charge in [0.15, 0.2) is 0 Å². The third-order valence-electron chi connectivity index (χ3n) is 3.67. The minimum Gasteiger partial charge on any atom is -0.349 e. The zero-order chi connectivity index (χ0) is 15.5. The van der Waals surface area contributed by atoms with Gasteiger partial charge in [-0.15, -0.1) is 0 Å². The van der Waals surface area contributed by atoms with E-state index in [1.165, 1.54) is 22.5 Å². The smallest absolute Gasteiger partial charge is 0.254 e. The molecule has 0 bridgehead atoms. The first-order valence-electron chi connectivity index (χ1n) is 6.97. The van der Waals surface area contributed by atoms with E-state index in [-0.39, 0.29) is 17.4 Å². The minimum absolute atomic E-state index is 0.0149. The summed E-state index contributed by atoms with van der Waals surface area (Å²) in [6.07, 6.45) is 1.08. The Kier molecular flexibility index (Phi) is 4.95. The monoisotopic (exact) mass is 314 g/mol. The second-order valence-electron chi connectivity index (χ2n) is 5.03. The highest BCUT2D eigenvalue weighted by atomic mass is 32.2. The van der Waals surface area contributed by atoms with Crippen LogP contribution in [0.5, 0.6) is 0 Å². The van der Waals surface area contributed by atoms with Gasteiger partial charge in [-0.2, -0.15) is 0 Å². The van der Waals surface area contributed by atoms with E-state index in [0.717, 1.165) is 0 Å². The van der Waals surface area contributed by atoms with E-state index in [9.17, 15) is 17.6 Å². The molecule has 1 heterocycles. The topological polar surface area (TPSA) is 66.5 Å². The molecule has 1 saturated heterocycles. The maximum absolute atomic E-state index is 13.5. The highest BCUT2D eigenvalue weighted by molar-refractivity contribution is 7.89. The highest BCUT2D eigenvalue weighted by Gasteiger charge is 2.27. The lowest BCUT2D eigenvalue weighted by molar-refractivity contribution is 0.0920. The van der Waals surface area contributed by atoms with E-state index >= 15 is 0 Å². The Morgan fingerprint density at radius 3 is 2.52 bits per heavy atom. The molecule has 0 atom stereocenters. The number of amides is 1.